The van der Waals surface area contributed by atoms with Crippen molar-refractivity contribution in [3.8, 4) is 5.69 Å². The van der Waals surface area contributed by atoms with Crippen molar-refractivity contribution in [1.82, 2.24) is 9.55 Å². The van der Waals surface area contributed by atoms with E-state index in [1.165, 1.54) is 0 Å². The minimum atomic E-state index is 1.10. The van der Waals surface area contributed by atoms with E-state index < -0.39 is 0 Å². The van der Waals surface area contributed by atoms with E-state index in [9.17, 15) is 0 Å². The molecule has 0 spiro atoms. The largest absolute Gasteiger partial charge is 0.306 e. The van der Waals surface area contributed by atoms with Crippen molar-refractivity contribution in [1.29, 1.82) is 0 Å². The zero-order valence-corrected chi connectivity index (χ0v) is 7.72. The summed E-state index contributed by atoms with van der Waals surface area (Å²) < 4.78 is 1.96. The second-order valence-corrected chi connectivity index (χ2v) is 2.91. The highest BCUT2D eigenvalue weighted by molar-refractivity contribution is 5.50. The molecule has 0 N–H and O–H groups in total. The van der Waals surface area contributed by atoms with Crippen LogP contribution in [0, 0.1) is 0 Å². The fraction of sp³-hybridized carbons (Fsp3) is 0. The minimum Gasteiger partial charge on any atom is -0.306 e. The van der Waals surface area contributed by atoms with Gasteiger partial charge in [-0.3, -0.25) is 0 Å². The third-order valence-electron chi connectivity index (χ3n) is 1.96. The molecule has 2 heteroatoms. The second kappa shape index (κ2) is 3.77. The van der Waals surface area contributed by atoms with Crippen molar-refractivity contribution in [2.75, 3.05) is 0 Å². The Morgan fingerprint density at radius 1 is 1.29 bits per heavy atom. The maximum atomic E-state index is 3.99. The van der Waals surface area contributed by atoms with Crippen LogP contribution in [0.15, 0.2) is 55.3 Å². The molecule has 1 heterocycles. The Balaban J connectivity index is 2.35. The SMILES string of the molecule is C=C=Cc1ccc(-n2ccnc2)cc1. The molecule has 1 aromatic heterocycles. The highest BCUT2D eigenvalue weighted by Gasteiger charge is 1.93. The molecule has 0 saturated heterocycles. The van der Waals surface area contributed by atoms with Gasteiger partial charge in [0, 0.05) is 18.1 Å². The van der Waals surface area contributed by atoms with E-state index in [4.69, 9.17) is 0 Å². The number of hydrogen-bond acceptors (Lipinski definition) is 1. The molecule has 0 aliphatic rings. The number of hydrogen-bond donors (Lipinski definition) is 0. The average Bonchev–Trinajstić information content (AvgIpc) is 2.72. The number of aromatic nitrogens is 2. The van der Waals surface area contributed by atoms with E-state index in [0.717, 1.165) is 11.3 Å². The Hall–Kier alpha value is -2.05. The molecule has 2 aromatic rings. The van der Waals surface area contributed by atoms with Crippen molar-refractivity contribution in [2.45, 2.75) is 0 Å². The molecule has 0 atom stereocenters. The number of nitrogens with zero attached hydrogens (tertiary/aromatic N) is 2. The summed E-state index contributed by atoms with van der Waals surface area (Å²) in [4.78, 5) is 3.99. The summed E-state index contributed by atoms with van der Waals surface area (Å²) in [5, 5.41) is 0. The summed E-state index contributed by atoms with van der Waals surface area (Å²) in [6.07, 6.45) is 7.30. The molecule has 68 valence electrons. The third-order valence-corrected chi connectivity index (χ3v) is 1.96. The van der Waals surface area contributed by atoms with Gasteiger partial charge in [-0.25, -0.2) is 4.98 Å². The lowest BCUT2D eigenvalue weighted by atomic mass is 10.2. The third kappa shape index (κ3) is 1.65. The molecule has 2 rings (SSSR count). The van der Waals surface area contributed by atoms with Crippen LogP contribution in [-0.4, -0.2) is 9.55 Å². The first-order valence-electron chi connectivity index (χ1n) is 4.34. The van der Waals surface area contributed by atoms with E-state index >= 15 is 0 Å². The Labute approximate surface area is 82.8 Å². The van der Waals surface area contributed by atoms with Crippen molar-refractivity contribution in [3.05, 3.63) is 60.9 Å². The maximum Gasteiger partial charge on any atom is 0.0991 e. The van der Waals surface area contributed by atoms with Gasteiger partial charge in [0.25, 0.3) is 0 Å². The quantitative estimate of drug-likeness (QED) is 0.653. The number of rotatable bonds is 2. The van der Waals surface area contributed by atoms with Crippen LogP contribution in [-0.2, 0) is 0 Å². The van der Waals surface area contributed by atoms with Gasteiger partial charge in [-0.15, -0.1) is 5.73 Å². The van der Waals surface area contributed by atoms with Crippen LogP contribution in [0.3, 0.4) is 0 Å². The highest BCUT2D eigenvalue weighted by Crippen LogP contribution is 2.09. The Kier molecular flexibility index (Phi) is 2.30. The smallest absolute Gasteiger partial charge is 0.0991 e. The van der Waals surface area contributed by atoms with Crippen LogP contribution in [0.5, 0.6) is 0 Å². The number of benzene rings is 1. The zero-order chi connectivity index (χ0) is 9.80. The van der Waals surface area contributed by atoms with E-state index in [1.807, 2.05) is 41.1 Å². The molecule has 0 radical (unpaired) electrons. The molecule has 0 bridgehead atoms. The van der Waals surface area contributed by atoms with Gasteiger partial charge >= 0.3 is 0 Å². The van der Waals surface area contributed by atoms with Gasteiger partial charge in [0.2, 0.25) is 0 Å². The van der Waals surface area contributed by atoms with Crippen LogP contribution in [0.4, 0.5) is 0 Å². The van der Waals surface area contributed by atoms with Crippen molar-refractivity contribution >= 4 is 6.08 Å². The summed E-state index contributed by atoms with van der Waals surface area (Å²) >= 11 is 0. The van der Waals surface area contributed by atoms with Crippen LogP contribution in [0.2, 0.25) is 0 Å². The Bertz CT molecular complexity index is 446. The second-order valence-electron chi connectivity index (χ2n) is 2.91. The minimum absolute atomic E-state index is 1.10. The monoisotopic (exact) mass is 182 g/mol. The van der Waals surface area contributed by atoms with Gasteiger partial charge in [0.05, 0.1) is 6.33 Å². The summed E-state index contributed by atoms with van der Waals surface area (Å²) in [7, 11) is 0. The molecule has 2 nitrogen and oxygen atoms in total. The molecule has 0 aliphatic carbocycles. The van der Waals surface area contributed by atoms with Gasteiger partial charge in [0.15, 0.2) is 0 Å². The summed E-state index contributed by atoms with van der Waals surface area (Å²) in [6, 6.07) is 8.11. The van der Waals surface area contributed by atoms with E-state index in [1.54, 1.807) is 12.5 Å². The van der Waals surface area contributed by atoms with Gasteiger partial charge < -0.3 is 4.57 Å². The molecule has 0 saturated carbocycles. The molecule has 0 fully saturated rings. The van der Waals surface area contributed by atoms with Gasteiger partial charge in [-0.1, -0.05) is 18.7 Å². The first kappa shape index (κ1) is 8.54. The summed E-state index contributed by atoms with van der Waals surface area (Å²) in [5.41, 5.74) is 4.95. The maximum absolute atomic E-state index is 3.99. The van der Waals surface area contributed by atoms with Crippen LogP contribution in [0.1, 0.15) is 5.56 Å². The van der Waals surface area contributed by atoms with Crippen LogP contribution < -0.4 is 0 Å². The molecular weight excluding hydrogens is 172 g/mol. The van der Waals surface area contributed by atoms with Gasteiger partial charge in [0.1, 0.15) is 0 Å². The Morgan fingerprint density at radius 2 is 2.07 bits per heavy atom. The fourth-order valence-corrected chi connectivity index (χ4v) is 1.27. The predicted octanol–water partition coefficient (Wildman–Crippen LogP) is 2.67. The fourth-order valence-electron chi connectivity index (χ4n) is 1.27. The van der Waals surface area contributed by atoms with Crippen molar-refractivity contribution in [3.63, 3.8) is 0 Å². The topological polar surface area (TPSA) is 17.8 Å². The number of imidazole rings is 1. The zero-order valence-electron chi connectivity index (χ0n) is 7.72. The summed E-state index contributed by atoms with van der Waals surface area (Å²) in [5.74, 6) is 0. The lowest BCUT2D eigenvalue weighted by Gasteiger charge is -2.01. The van der Waals surface area contributed by atoms with E-state index in [0.29, 0.717) is 0 Å². The molecular formula is C12H10N2. The molecule has 14 heavy (non-hydrogen) atoms. The Morgan fingerprint density at radius 3 is 2.64 bits per heavy atom. The van der Waals surface area contributed by atoms with Crippen molar-refractivity contribution < 1.29 is 0 Å². The molecule has 0 unspecified atom stereocenters. The standard InChI is InChI=1S/C12H10N2/c1-2-3-11-4-6-12(7-5-11)14-9-8-13-10-14/h3-10H,1H2. The molecule has 1 aromatic carbocycles. The molecule has 0 amide bonds. The summed E-state index contributed by atoms with van der Waals surface area (Å²) in [6.45, 7) is 3.53. The highest BCUT2D eigenvalue weighted by atomic mass is 15.0. The lowest BCUT2D eigenvalue weighted by molar-refractivity contribution is 1.06. The first-order chi connectivity index (χ1) is 6.90. The van der Waals surface area contributed by atoms with E-state index in [-0.39, 0.29) is 0 Å². The first-order valence-corrected chi connectivity index (χ1v) is 4.34. The van der Waals surface area contributed by atoms with Gasteiger partial charge in [-0.05, 0) is 23.8 Å². The molecule has 0 aliphatic heterocycles. The lowest BCUT2D eigenvalue weighted by Crippen LogP contribution is -1.88. The van der Waals surface area contributed by atoms with Crippen LogP contribution in [0.25, 0.3) is 11.8 Å². The van der Waals surface area contributed by atoms with Gasteiger partial charge in [-0.2, -0.15) is 0 Å². The predicted molar refractivity (Wildman–Crippen MR) is 57.2 cm³/mol. The normalized spacial score (nSPS) is 9.43. The van der Waals surface area contributed by atoms with Crippen LogP contribution >= 0.6 is 0 Å². The van der Waals surface area contributed by atoms with Crippen molar-refractivity contribution in [2.24, 2.45) is 0 Å². The van der Waals surface area contributed by atoms with E-state index in [2.05, 4.69) is 17.3 Å². The average molecular weight is 182 g/mol.